The molecule has 2 heterocycles. The summed E-state index contributed by atoms with van der Waals surface area (Å²) in [5.41, 5.74) is 3.73. The second-order valence-electron chi connectivity index (χ2n) is 6.40. The number of urea groups is 1. The number of carbonyl (C=O) groups is 2. The van der Waals surface area contributed by atoms with E-state index in [1.807, 2.05) is 20.8 Å². The lowest BCUT2D eigenvalue weighted by atomic mass is 9.99. The highest BCUT2D eigenvalue weighted by Gasteiger charge is 2.27. The third-order valence-electron chi connectivity index (χ3n) is 4.63. The molecule has 2 aliphatic heterocycles. The van der Waals surface area contributed by atoms with Crippen LogP contribution in [0.4, 0.5) is 16.2 Å². The summed E-state index contributed by atoms with van der Waals surface area (Å²) in [6, 6.07) is -0.307. The predicted octanol–water partition coefficient (Wildman–Crippen LogP) is 1.17. The van der Waals surface area contributed by atoms with Crippen molar-refractivity contribution in [2.75, 3.05) is 43.5 Å². The van der Waals surface area contributed by atoms with Crippen LogP contribution >= 0.6 is 0 Å². The number of hydrogen-bond acceptors (Lipinski definition) is 5. The van der Waals surface area contributed by atoms with Crippen LogP contribution in [-0.2, 0) is 9.53 Å². The fraction of sp³-hybridized carbons (Fsp3) is 0.529. The van der Waals surface area contributed by atoms with E-state index < -0.39 is 6.10 Å². The minimum Gasteiger partial charge on any atom is -0.481 e. The molecule has 1 aromatic rings. The molecule has 1 fully saturated rings. The molecule has 0 aromatic heterocycles. The third kappa shape index (κ3) is 3.40. The summed E-state index contributed by atoms with van der Waals surface area (Å²) >= 11 is 0. The van der Waals surface area contributed by atoms with Crippen molar-refractivity contribution in [1.29, 1.82) is 0 Å². The van der Waals surface area contributed by atoms with Crippen LogP contribution in [-0.4, -0.2) is 61.0 Å². The van der Waals surface area contributed by atoms with E-state index >= 15 is 0 Å². The van der Waals surface area contributed by atoms with E-state index in [4.69, 9.17) is 9.47 Å². The molecule has 3 rings (SSSR count). The van der Waals surface area contributed by atoms with E-state index in [-0.39, 0.29) is 31.7 Å². The van der Waals surface area contributed by atoms with Gasteiger partial charge in [-0.3, -0.25) is 4.79 Å². The Bertz CT molecular complexity index is 719. The number of aliphatic hydroxyl groups excluding tert-OH is 1. The van der Waals surface area contributed by atoms with Gasteiger partial charge in [0.25, 0.3) is 5.91 Å². The standard InChI is InChI=1S/C17H23N3O5/c1-9-10(2)16-15(18-13(22)8-25-16)11(3)14(9)19-17(23)20-4-5-24-7-12(21)6-20/h12,21H,4-8H2,1-3H3,(H,18,22)(H,19,23)/t12-/m0/s1. The van der Waals surface area contributed by atoms with Crippen molar-refractivity contribution < 1.29 is 24.2 Å². The Morgan fingerprint density at radius 3 is 2.80 bits per heavy atom. The quantitative estimate of drug-likeness (QED) is 0.707. The Balaban J connectivity index is 1.89. The number of nitrogens with one attached hydrogen (secondary N) is 2. The van der Waals surface area contributed by atoms with Gasteiger partial charge < -0.3 is 30.1 Å². The van der Waals surface area contributed by atoms with Crippen LogP contribution in [0.15, 0.2) is 0 Å². The largest absolute Gasteiger partial charge is 0.481 e. The molecule has 1 saturated heterocycles. The highest BCUT2D eigenvalue weighted by Crippen LogP contribution is 2.41. The highest BCUT2D eigenvalue weighted by molar-refractivity contribution is 6.00. The molecule has 0 aliphatic carbocycles. The zero-order valence-corrected chi connectivity index (χ0v) is 14.6. The summed E-state index contributed by atoms with van der Waals surface area (Å²) in [6.07, 6.45) is -0.701. The first-order valence-corrected chi connectivity index (χ1v) is 8.26. The average molecular weight is 349 g/mol. The number of carbonyl (C=O) groups excluding carboxylic acids is 2. The molecule has 1 atom stereocenters. The highest BCUT2D eigenvalue weighted by atomic mass is 16.5. The van der Waals surface area contributed by atoms with Crippen LogP contribution in [0.25, 0.3) is 0 Å². The summed E-state index contributed by atoms with van der Waals surface area (Å²) in [6.45, 7) is 6.85. The number of amides is 3. The van der Waals surface area contributed by atoms with Gasteiger partial charge in [-0.2, -0.15) is 0 Å². The van der Waals surface area contributed by atoms with Crippen molar-refractivity contribution in [2.45, 2.75) is 26.9 Å². The zero-order valence-electron chi connectivity index (χ0n) is 14.6. The summed E-state index contributed by atoms with van der Waals surface area (Å²) in [7, 11) is 0. The van der Waals surface area contributed by atoms with E-state index in [2.05, 4.69) is 10.6 Å². The van der Waals surface area contributed by atoms with Crippen molar-refractivity contribution >= 4 is 23.3 Å². The molecule has 2 aliphatic rings. The van der Waals surface area contributed by atoms with Crippen molar-refractivity contribution in [3.63, 3.8) is 0 Å². The number of aliphatic hydroxyl groups is 1. The van der Waals surface area contributed by atoms with Gasteiger partial charge in [0.2, 0.25) is 0 Å². The number of fused-ring (bicyclic) bond motifs is 1. The first-order chi connectivity index (χ1) is 11.9. The van der Waals surface area contributed by atoms with E-state index in [0.717, 1.165) is 16.7 Å². The molecule has 1 aromatic carbocycles. The average Bonchev–Trinajstić information content (AvgIpc) is 2.81. The summed E-state index contributed by atoms with van der Waals surface area (Å²) in [5, 5.41) is 15.5. The lowest BCUT2D eigenvalue weighted by molar-refractivity contribution is -0.118. The molecular weight excluding hydrogens is 326 g/mol. The lowest BCUT2D eigenvalue weighted by Gasteiger charge is -2.27. The lowest BCUT2D eigenvalue weighted by Crippen LogP contribution is -2.40. The van der Waals surface area contributed by atoms with Crippen molar-refractivity contribution in [3.05, 3.63) is 16.7 Å². The van der Waals surface area contributed by atoms with Gasteiger partial charge in [0.05, 0.1) is 37.2 Å². The Morgan fingerprint density at radius 1 is 1.28 bits per heavy atom. The van der Waals surface area contributed by atoms with Crippen LogP contribution in [0.5, 0.6) is 5.75 Å². The van der Waals surface area contributed by atoms with Gasteiger partial charge in [0.15, 0.2) is 6.61 Å². The molecule has 8 nitrogen and oxygen atoms in total. The second kappa shape index (κ2) is 6.89. The maximum Gasteiger partial charge on any atom is 0.322 e. The molecule has 0 unspecified atom stereocenters. The van der Waals surface area contributed by atoms with Gasteiger partial charge in [-0.25, -0.2) is 4.79 Å². The monoisotopic (exact) mass is 349 g/mol. The molecule has 3 amide bonds. The Labute approximate surface area is 146 Å². The molecular formula is C17H23N3O5. The van der Waals surface area contributed by atoms with Crippen LogP contribution in [0.1, 0.15) is 16.7 Å². The minimum atomic E-state index is -0.701. The van der Waals surface area contributed by atoms with Crippen molar-refractivity contribution in [3.8, 4) is 5.75 Å². The molecule has 3 N–H and O–H groups in total. The predicted molar refractivity (Wildman–Crippen MR) is 92.2 cm³/mol. The van der Waals surface area contributed by atoms with Crippen molar-refractivity contribution in [2.24, 2.45) is 0 Å². The molecule has 8 heteroatoms. The molecule has 0 spiro atoms. The number of benzene rings is 1. The van der Waals surface area contributed by atoms with Crippen LogP contribution in [0.3, 0.4) is 0 Å². The normalized spacial score (nSPS) is 20.2. The van der Waals surface area contributed by atoms with E-state index in [9.17, 15) is 14.7 Å². The molecule has 136 valence electrons. The summed E-state index contributed by atoms with van der Waals surface area (Å²) in [5.74, 6) is 0.426. The Morgan fingerprint density at radius 2 is 2.04 bits per heavy atom. The van der Waals surface area contributed by atoms with Crippen LogP contribution in [0.2, 0.25) is 0 Å². The minimum absolute atomic E-state index is 0.00983. The number of anilines is 2. The number of rotatable bonds is 1. The van der Waals surface area contributed by atoms with Crippen LogP contribution in [0, 0.1) is 20.8 Å². The smallest absolute Gasteiger partial charge is 0.322 e. The first-order valence-electron chi connectivity index (χ1n) is 8.26. The second-order valence-corrected chi connectivity index (χ2v) is 6.40. The van der Waals surface area contributed by atoms with Gasteiger partial charge in [-0.1, -0.05) is 0 Å². The number of ether oxygens (including phenoxy) is 2. The maximum atomic E-state index is 12.6. The van der Waals surface area contributed by atoms with Gasteiger partial charge >= 0.3 is 6.03 Å². The summed E-state index contributed by atoms with van der Waals surface area (Å²) in [4.78, 5) is 25.8. The molecule has 0 saturated carbocycles. The van der Waals surface area contributed by atoms with Crippen LogP contribution < -0.4 is 15.4 Å². The van der Waals surface area contributed by atoms with Gasteiger partial charge in [-0.15, -0.1) is 0 Å². The molecule has 0 bridgehead atoms. The first kappa shape index (κ1) is 17.5. The molecule has 25 heavy (non-hydrogen) atoms. The van der Waals surface area contributed by atoms with E-state index in [1.165, 1.54) is 4.90 Å². The Kier molecular flexibility index (Phi) is 4.82. The van der Waals surface area contributed by atoms with Gasteiger partial charge in [0, 0.05) is 12.1 Å². The van der Waals surface area contributed by atoms with E-state index in [1.54, 1.807) is 0 Å². The topological polar surface area (TPSA) is 100 Å². The number of hydrogen-bond donors (Lipinski definition) is 3. The fourth-order valence-corrected chi connectivity index (χ4v) is 3.12. The van der Waals surface area contributed by atoms with E-state index in [0.29, 0.717) is 30.3 Å². The Hall–Kier alpha value is -2.32. The zero-order chi connectivity index (χ0) is 18.1. The molecule has 0 radical (unpaired) electrons. The fourth-order valence-electron chi connectivity index (χ4n) is 3.12. The maximum absolute atomic E-state index is 12.6. The SMILES string of the molecule is Cc1c(C)c2c(c(C)c1NC(=O)N1CCOC[C@@H](O)C1)NC(=O)CO2. The van der Waals surface area contributed by atoms with Crippen molar-refractivity contribution in [1.82, 2.24) is 4.90 Å². The summed E-state index contributed by atoms with van der Waals surface area (Å²) < 4.78 is 10.8. The van der Waals surface area contributed by atoms with Gasteiger partial charge in [-0.05, 0) is 31.9 Å². The number of nitrogens with zero attached hydrogens (tertiary/aromatic N) is 1. The number of β-amino-alcohol motifs (C(OH)–C–C–N with tert-alkyl or cyclic N) is 1. The third-order valence-corrected chi connectivity index (χ3v) is 4.63. The van der Waals surface area contributed by atoms with Gasteiger partial charge in [0.1, 0.15) is 5.75 Å².